The Bertz CT molecular complexity index is 1190. The molecular weight excluding hydrogens is 511 g/mol. The largest absolute Gasteiger partial charge is 0.416 e. The van der Waals surface area contributed by atoms with E-state index in [4.69, 9.17) is 0 Å². The minimum atomic E-state index is -4.44. The summed E-state index contributed by atoms with van der Waals surface area (Å²) in [6, 6.07) is 9.76. The number of alkyl halides is 3. The zero-order valence-electron chi connectivity index (χ0n) is 20.1. The number of thioether (sulfide) groups is 1. The molecule has 36 heavy (non-hydrogen) atoms. The Balaban J connectivity index is 1.51. The molecule has 2 aromatic carbocycles. The summed E-state index contributed by atoms with van der Waals surface area (Å²) >= 11 is 1.41. The normalized spacial score (nSPS) is 18.2. The Morgan fingerprint density at radius 1 is 0.889 bits per heavy atom. The molecule has 2 heterocycles. The maximum atomic E-state index is 13.4. The van der Waals surface area contributed by atoms with Crippen molar-refractivity contribution in [1.82, 2.24) is 9.21 Å². The van der Waals surface area contributed by atoms with Crippen LogP contribution in [0, 0.1) is 0 Å². The number of amides is 1. The molecule has 0 atom stereocenters. The third-order valence-electron chi connectivity index (χ3n) is 6.71. The first kappa shape index (κ1) is 26.8. The second-order valence-electron chi connectivity index (χ2n) is 9.01. The van der Waals surface area contributed by atoms with E-state index in [9.17, 15) is 26.4 Å². The van der Waals surface area contributed by atoms with E-state index in [-0.39, 0.29) is 37.0 Å². The van der Waals surface area contributed by atoms with Gasteiger partial charge in [0.05, 0.1) is 16.0 Å². The number of hydrogen-bond donors (Lipinski definition) is 0. The van der Waals surface area contributed by atoms with Crippen molar-refractivity contribution in [1.29, 1.82) is 0 Å². The van der Waals surface area contributed by atoms with Crippen molar-refractivity contribution < 1.29 is 26.4 Å². The number of anilines is 1. The molecule has 2 aliphatic heterocycles. The monoisotopic (exact) mass is 541 g/mol. The molecule has 11 heteroatoms. The summed E-state index contributed by atoms with van der Waals surface area (Å²) in [6.45, 7) is 2.14. The van der Waals surface area contributed by atoms with Gasteiger partial charge < -0.3 is 9.80 Å². The number of piperazine rings is 1. The van der Waals surface area contributed by atoms with Crippen LogP contribution in [0.15, 0.2) is 52.3 Å². The van der Waals surface area contributed by atoms with Crippen LogP contribution in [0.5, 0.6) is 0 Å². The molecule has 6 nitrogen and oxygen atoms in total. The lowest BCUT2D eigenvalue weighted by Gasteiger charge is -2.35. The number of halogens is 3. The maximum absolute atomic E-state index is 13.4. The van der Waals surface area contributed by atoms with Crippen molar-refractivity contribution >= 4 is 33.4 Å². The Morgan fingerprint density at radius 2 is 1.56 bits per heavy atom. The first-order chi connectivity index (χ1) is 17.1. The van der Waals surface area contributed by atoms with Crippen molar-refractivity contribution in [2.75, 3.05) is 50.4 Å². The lowest BCUT2D eigenvalue weighted by Crippen LogP contribution is -2.48. The zero-order chi connectivity index (χ0) is 25.9. The van der Waals surface area contributed by atoms with Crippen molar-refractivity contribution in [2.24, 2.45) is 0 Å². The second kappa shape index (κ2) is 11.0. The molecule has 2 fully saturated rings. The van der Waals surface area contributed by atoms with Crippen LogP contribution in [0.2, 0.25) is 0 Å². The number of carbonyl (C=O) groups is 1. The molecule has 2 aromatic rings. The van der Waals surface area contributed by atoms with E-state index in [1.807, 2.05) is 11.2 Å². The van der Waals surface area contributed by atoms with E-state index in [2.05, 4.69) is 0 Å². The van der Waals surface area contributed by atoms with Crippen LogP contribution in [0.1, 0.15) is 41.6 Å². The van der Waals surface area contributed by atoms with Crippen molar-refractivity contribution in [3.05, 3.63) is 53.6 Å². The van der Waals surface area contributed by atoms with E-state index >= 15 is 0 Å². The highest BCUT2D eigenvalue weighted by atomic mass is 32.2. The molecule has 4 rings (SSSR count). The molecule has 0 unspecified atom stereocenters. The summed E-state index contributed by atoms with van der Waals surface area (Å²) in [5, 5.41) is 0. The highest BCUT2D eigenvalue weighted by molar-refractivity contribution is 7.98. The van der Waals surface area contributed by atoms with E-state index in [1.54, 1.807) is 17.0 Å². The molecule has 0 radical (unpaired) electrons. The molecular formula is C25H30F3N3O3S2. The predicted molar refractivity (Wildman–Crippen MR) is 135 cm³/mol. The van der Waals surface area contributed by atoms with Gasteiger partial charge in [0, 0.05) is 49.9 Å². The molecule has 2 saturated heterocycles. The summed E-state index contributed by atoms with van der Waals surface area (Å²) in [4.78, 5) is 17.7. The van der Waals surface area contributed by atoms with Crippen LogP contribution in [0.4, 0.5) is 18.9 Å². The van der Waals surface area contributed by atoms with Gasteiger partial charge in [0.15, 0.2) is 0 Å². The highest BCUT2D eigenvalue weighted by Gasteiger charge is 2.33. The van der Waals surface area contributed by atoms with Gasteiger partial charge in [-0.1, -0.05) is 18.9 Å². The van der Waals surface area contributed by atoms with Gasteiger partial charge in [-0.3, -0.25) is 4.79 Å². The van der Waals surface area contributed by atoms with Gasteiger partial charge in [0.1, 0.15) is 0 Å². The van der Waals surface area contributed by atoms with E-state index < -0.39 is 21.8 Å². The van der Waals surface area contributed by atoms with Gasteiger partial charge in [-0.05, 0) is 55.5 Å². The Kier molecular flexibility index (Phi) is 8.21. The van der Waals surface area contributed by atoms with E-state index in [0.29, 0.717) is 24.3 Å². The van der Waals surface area contributed by atoms with Crippen LogP contribution in [0.25, 0.3) is 0 Å². The average Bonchev–Trinajstić information content (AvgIpc) is 3.17. The summed E-state index contributed by atoms with van der Waals surface area (Å²) in [5.41, 5.74) is 0.0788. The third-order valence-corrected chi connectivity index (χ3v) is 9.40. The van der Waals surface area contributed by atoms with E-state index in [0.717, 1.165) is 42.7 Å². The molecule has 0 N–H and O–H groups in total. The van der Waals surface area contributed by atoms with Gasteiger partial charge >= 0.3 is 6.18 Å². The minimum absolute atomic E-state index is 0.0611. The Hall–Kier alpha value is -2.24. The molecule has 0 bridgehead atoms. The number of hydrogen-bond acceptors (Lipinski definition) is 5. The summed E-state index contributed by atoms with van der Waals surface area (Å²) < 4.78 is 67.5. The van der Waals surface area contributed by atoms with Crippen LogP contribution < -0.4 is 4.90 Å². The fourth-order valence-electron chi connectivity index (χ4n) is 4.67. The van der Waals surface area contributed by atoms with Crippen LogP contribution >= 0.6 is 11.8 Å². The van der Waals surface area contributed by atoms with Crippen molar-refractivity contribution in [3.8, 4) is 0 Å². The van der Waals surface area contributed by atoms with Gasteiger partial charge in [-0.2, -0.15) is 17.5 Å². The number of benzene rings is 2. The quantitative estimate of drug-likeness (QED) is 0.501. The summed E-state index contributed by atoms with van der Waals surface area (Å²) in [5.74, 6) is -0.146. The second-order valence-corrected chi connectivity index (χ2v) is 11.8. The number of rotatable bonds is 5. The molecule has 0 aromatic heterocycles. The van der Waals surface area contributed by atoms with Gasteiger partial charge in [0.2, 0.25) is 10.0 Å². The standard InChI is InChI=1S/C25H30F3N3O3S2/c1-35-23-10-9-21(18-22(23)24(32)30-11-4-2-3-5-12-30)36(33,34)31-15-13-29(14-16-31)20-8-6-7-19(17-20)25(26,27)28/h6-10,17-18H,2-5,11-16H2,1H3. The molecule has 0 spiro atoms. The van der Waals surface area contributed by atoms with Crippen LogP contribution in [-0.4, -0.2) is 69.1 Å². The fraction of sp³-hybridized carbons (Fsp3) is 0.480. The Morgan fingerprint density at radius 3 is 2.17 bits per heavy atom. The molecule has 196 valence electrons. The van der Waals surface area contributed by atoms with E-state index in [1.165, 1.54) is 34.3 Å². The number of nitrogens with zero attached hydrogens (tertiary/aromatic N) is 3. The average molecular weight is 542 g/mol. The maximum Gasteiger partial charge on any atom is 0.416 e. The SMILES string of the molecule is CSc1ccc(S(=O)(=O)N2CCN(c3cccc(C(F)(F)F)c3)CC2)cc1C(=O)N1CCCCCC1. The first-order valence-corrected chi connectivity index (χ1v) is 14.7. The number of sulfonamides is 1. The van der Waals surface area contributed by atoms with Crippen LogP contribution in [-0.2, 0) is 16.2 Å². The number of likely N-dealkylation sites (tertiary alicyclic amines) is 1. The van der Waals surface area contributed by atoms with Gasteiger partial charge in [-0.15, -0.1) is 11.8 Å². The summed E-state index contributed by atoms with van der Waals surface area (Å²) in [6.07, 6.45) is 1.46. The highest BCUT2D eigenvalue weighted by Crippen LogP contribution is 2.32. The first-order valence-electron chi connectivity index (χ1n) is 12.0. The van der Waals surface area contributed by atoms with Crippen LogP contribution in [0.3, 0.4) is 0 Å². The third kappa shape index (κ3) is 5.84. The zero-order valence-corrected chi connectivity index (χ0v) is 21.8. The van der Waals surface area contributed by atoms with Crippen molar-refractivity contribution in [3.63, 3.8) is 0 Å². The van der Waals surface area contributed by atoms with Gasteiger partial charge in [0.25, 0.3) is 5.91 Å². The molecule has 2 aliphatic rings. The fourth-order valence-corrected chi connectivity index (χ4v) is 6.69. The van der Waals surface area contributed by atoms with Crippen molar-refractivity contribution in [2.45, 2.75) is 41.7 Å². The number of carbonyl (C=O) groups excluding carboxylic acids is 1. The molecule has 0 aliphatic carbocycles. The lowest BCUT2D eigenvalue weighted by molar-refractivity contribution is -0.137. The minimum Gasteiger partial charge on any atom is -0.369 e. The Labute approximate surface area is 214 Å². The lowest BCUT2D eigenvalue weighted by atomic mass is 10.1. The molecule has 1 amide bonds. The molecule has 0 saturated carbocycles. The van der Waals surface area contributed by atoms with Gasteiger partial charge in [-0.25, -0.2) is 8.42 Å². The predicted octanol–water partition coefficient (Wildman–Crippen LogP) is 4.95. The summed E-state index contributed by atoms with van der Waals surface area (Å²) in [7, 11) is -3.87. The topological polar surface area (TPSA) is 60.9 Å². The smallest absolute Gasteiger partial charge is 0.369 e.